The summed E-state index contributed by atoms with van der Waals surface area (Å²) >= 11 is 0. The Balaban J connectivity index is 0. The first-order valence-electron chi connectivity index (χ1n) is 8.66. The third-order valence-electron chi connectivity index (χ3n) is 3.29. The van der Waals surface area contributed by atoms with E-state index in [4.69, 9.17) is 9.84 Å². The van der Waals surface area contributed by atoms with Crippen molar-refractivity contribution in [3.63, 3.8) is 0 Å². The number of aliphatic hydroxyl groups excluding tert-OH is 1. The number of carbonyl (C=O) groups excluding carboxylic acids is 1. The lowest BCUT2D eigenvalue weighted by Gasteiger charge is -2.22. The summed E-state index contributed by atoms with van der Waals surface area (Å²) in [6, 6.07) is 0.383. The number of nitrogens with zero attached hydrogens (tertiary/aromatic N) is 1. The Morgan fingerprint density at radius 2 is 1.86 bits per heavy atom. The molecule has 1 saturated heterocycles. The lowest BCUT2D eigenvalue weighted by molar-refractivity contribution is -0.118. The normalized spacial score (nSPS) is 17.5. The summed E-state index contributed by atoms with van der Waals surface area (Å²) in [4.78, 5) is 13.0. The van der Waals surface area contributed by atoms with Crippen LogP contribution in [0.15, 0.2) is 0 Å². The van der Waals surface area contributed by atoms with Crippen molar-refractivity contribution in [2.75, 3.05) is 32.9 Å². The van der Waals surface area contributed by atoms with Crippen molar-refractivity contribution in [1.82, 2.24) is 4.90 Å². The number of rotatable bonds is 9. The number of hydrogen-bond donors (Lipinski definition) is 1. The van der Waals surface area contributed by atoms with E-state index in [2.05, 4.69) is 4.90 Å². The first-order chi connectivity index (χ1) is 10.2. The number of unbranched alkanes of at least 4 members (excludes halogenated alkanes) is 1. The van der Waals surface area contributed by atoms with Gasteiger partial charge in [0.05, 0.1) is 13.2 Å². The van der Waals surface area contributed by atoms with E-state index in [9.17, 15) is 4.79 Å². The molecule has 0 bridgehead atoms. The summed E-state index contributed by atoms with van der Waals surface area (Å²) in [6.45, 7) is 13.3. The van der Waals surface area contributed by atoms with E-state index in [1.165, 1.54) is 6.42 Å². The molecule has 1 fully saturated rings. The number of carbonyl (C=O) groups is 1. The van der Waals surface area contributed by atoms with Gasteiger partial charge in [-0.25, -0.2) is 0 Å². The van der Waals surface area contributed by atoms with Gasteiger partial charge in [0.1, 0.15) is 5.78 Å². The summed E-state index contributed by atoms with van der Waals surface area (Å²) in [7, 11) is 0. The molecule has 4 nitrogen and oxygen atoms in total. The SMILES string of the molecule is CC.CC.CC(=O)CCOCCCCN1CCC[C@H]1CO. The van der Waals surface area contributed by atoms with Crippen LogP contribution in [0.5, 0.6) is 0 Å². The van der Waals surface area contributed by atoms with Gasteiger partial charge in [-0.15, -0.1) is 0 Å². The standard InChI is InChI=1S/C13H25NO3.2C2H6/c1-12(16)6-10-17-9-3-2-7-14-8-4-5-13(14)11-15;2*1-2/h13,15H,2-11H2,1H3;2*1-2H3/t13-;;/m0../s1. The highest BCUT2D eigenvalue weighted by Crippen LogP contribution is 2.16. The van der Waals surface area contributed by atoms with Gasteiger partial charge in [-0.2, -0.15) is 0 Å². The van der Waals surface area contributed by atoms with E-state index in [-0.39, 0.29) is 12.4 Å². The third kappa shape index (κ3) is 13.0. The third-order valence-corrected chi connectivity index (χ3v) is 3.29. The fourth-order valence-electron chi connectivity index (χ4n) is 2.23. The van der Waals surface area contributed by atoms with Gasteiger partial charge >= 0.3 is 0 Å². The lowest BCUT2D eigenvalue weighted by atomic mass is 10.2. The zero-order valence-corrected chi connectivity index (χ0v) is 14.9. The van der Waals surface area contributed by atoms with Gasteiger partial charge in [-0.05, 0) is 45.7 Å². The minimum Gasteiger partial charge on any atom is -0.395 e. The first-order valence-corrected chi connectivity index (χ1v) is 8.66. The van der Waals surface area contributed by atoms with Crippen molar-refractivity contribution in [3.8, 4) is 0 Å². The largest absolute Gasteiger partial charge is 0.395 e. The minimum atomic E-state index is 0.188. The van der Waals surface area contributed by atoms with E-state index in [1.807, 2.05) is 27.7 Å². The van der Waals surface area contributed by atoms with E-state index >= 15 is 0 Å². The van der Waals surface area contributed by atoms with Crippen LogP contribution in [0.4, 0.5) is 0 Å². The molecular formula is C17H37NO3. The average Bonchev–Trinajstić information content (AvgIpc) is 2.97. The molecular weight excluding hydrogens is 266 g/mol. The second kappa shape index (κ2) is 17.6. The Hall–Kier alpha value is -0.450. The molecule has 1 N–H and O–H groups in total. The fourth-order valence-corrected chi connectivity index (χ4v) is 2.23. The molecule has 0 spiro atoms. The molecule has 0 aromatic rings. The molecule has 0 aromatic carbocycles. The minimum absolute atomic E-state index is 0.188. The number of ketones is 1. The van der Waals surface area contributed by atoms with Gasteiger partial charge in [-0.3, -0.25) is 9.69 Å². The maximum atomic E-state index is 10.7. The van der Waals surface area contributed by atoms with E-state index in [0.717, 1.165) is 39.0 Å². The van der Waals surface area contributed by atoms with Crippen molar-refractivity contribution in [1.29, 1.82) is 0 Å². The molecule has 1 rings (SSSR count). The van der Waals surface area contributed by atoms with Crippen LogP contribution in [-0.4, -0.2) is 54.7 Å². The Kier molecular flexibility index (Phi) is 19.1. The van der Waals surface area contributed by atoms with Gasteiger partial charge < -0.3 is 9.84 Å². The molecule has 1 aliphatic rings. The van der Waals surface area contributed by atoms with Crippen molar-refractivity contribution < 1.29 is 14.6 Å². The molecule has 1 heterocycles. The van der Waals surface area contributed by atoms with Crippen LogP contribution in [0.25, 0.3) is 0 Å². The molecule has 1 atom stereocenters. The molecule has 0 radical (unpaired) electrons. The smallest absolute Gasteiger partial charge is 0.132 e. The van der Waals surface area contributed by atoms with Crippen molar-refractivity contribution >= 4 is 5.78 Å². The molecule has 4 heteroatoms. The lowest BCUT2D eigenvalue weighted by Crippen LogP contribution is -2.33. The van der Waals surface area contributed by atoms with E-state index < -0.39 is 0 Å². The summed E-state index contributed by atoms with van der Waals surface area (Å²) in [6.07, 6.45) is 5.01. The molecule has 1 aliphatic heterocycles. The summed E-state index contributed by atoms with van der Waals surface area (Å²) in [5, 5.41) is 9.16. The van der Waals surface area contributed by atoms with Crippen molar-refractivity contribution in [3.05, 3.63) is 0 Å². The topological polar surface area (TPSA) is 49.8 Å². The Morgan fingerprint density at radius 1 is 1.19 bits per heavy atom. The molecule has 0 saturated carbocycles. The van der Waals surface area contributed by atoms with Crippen LogP contribution in [0.2, 0.25) is 0 Å². The molecule has 21 heavy (non-hydrogen) atoms. The summed E-state index contributed by atoms with van der Waals surface area (Å²) < 4.78 is 5.37. The highest BCUT2D eigenvalue weighted by molar-refractivity contribution is 5.75. The maximum Gasteiger partial charge on any atom is 0.132 e. The van der Waals surface area contributed by atoms with Crippen LogP contribution in [0.1, 0.15) is 66.7 Å². The number of ether oxygens (including phenoxy) is 1. The monoisotopic (exact) mass is 303 g/mol. The number of Topliss-reactive ketones (excluding diaryl/α,β-unsaturated/α-hetero) is 1. The Morgan fingerprint density at radius 3 is 2.43 bits per heavy atom. The van der Waals surface area contributed by atoms with Crippen molar-refractivity contribution in [2.24, 2.45) is 0 Å². The van der Waals surface area contributed by atoms with E-state index in [1.54, 1.807) is 6.92 Å². The van der Waals surface area contributed by atoms with Gasteiger partial charge in [0.2, 0.25) is 0 Å². The Bertz CT molecular complexity index is 222. The predicted molar refractivity (Wildman–Crippen MR) is 89.7 cm³/mol. The van der Waals surface area contributed by atoms with Crippen LogP contribution in [0, 0.1) is 0 Å². The average molecular weight is 303 g/mol. The summed E-state index contributed by atoms with van der Waals surface area (Å²) in [5.74, 6) is 0.188. The highest BCUT2D eigenvalue weighted by atomic mass is 16.5. The van der Waals surface area contributed by atoms with Crippen LogP contribution >= 0.6 is 0 Å². The molecule has 0 aromatic heterocycles. The summed E-state index contributed by atoms with van der Waals surface area (Å²) in [5.41, 5.74) is 0. The van der Waals surface area contributed by atoms with Gasteiger partial charge in [0, 0.05) is 19.1 Å². The highest BCUT2D eigenvalue weighted by Gasteiger charge is 2.22. The van der Waals surface area contributed by atoms with Crippen LogP contribution in [-0.2, 0) is 9.53 Å². The molecule has 128 valence electrons. The number of hydrogen-bond acceptors (Lipinski definition) is 4. The second-order valence-corrected chi connectivity index (χ2v) is 4.79. The fraction of sp³-hybridized carbons (Fsp3) is 0.941. The second-order valence-electron chi connectivity index (χ2n) is 4.79. The van der Waals surface area contributed by atoms with Crippen molar-refractivity contribution in [2.45, 2.75) is 72.8 Å². The maximum absolute atomic E-state index is 10.7. The Labute approximate surface area is 131 Å². The zero-order chi connectivity index (χ0) is 16.5. The predicted octanol–water partition coefficient (Wildman–Crippen LogP) is 3.27. The molecule has 0 amide bonds. The van der Waals surface area contributed by atoms with Crippen LogP contribution in [0.3, 0.4) is 0 Å². The molecule has 0 unspecified atom stereocenters. The number of aliphatic hydroxyl groups is 1. The van der Waals surface area contributed by atoms with Gasteiger partial charge in [0.25, 0.3) is 0 Å². The van der Waals surface area contributed by atoms with Gasteiger partial charge in [0.15, 0.2) is 0 Å². The molecule has 0 aliphatic carbocycles. The quantitative estimate of drug-likeness (QED) is 0.664. The van der Waals surface area contributed by atoms with Crippen LogP contribution < -0.4 is 0 Å². The van der Waals surface area contributed by atoms with Gasteiger partial charge in [-0.1, -0.05) is 27.7 Å². The zero-order valence-electron chi connectivity index (χ0n) is 14.9. The first kappa shape index (κ1) is 22.8. The van der Waals surface area contributed by atoms with E-state index in [0.29, 0.717) is 19.1 Å². The number of likely N-dealkylation sites (tertiary alicyclic amines) is 1.